The summed E-state index contributed by atoms with van der Waals surface area (Å²) in [5, 5.41) is 3.79. The molecule has 3 rings (SSSR count). The monoisotopic (exact) mass is 272 g/mol. The molecule has 1 aromatic rings. The summed E-state index contributed by atoms with van der Waals surface area (Å²) in [6, 6.07) is 7.46. The summed E-state index contributed by atoms with van der Waals surface area (Å²) in [4.78, 5) is 2.20. The molecule has 0 spiro atoms. The number of hydrogen-bond donors (Lipinski definition) is 1. The molecule has 2 saturated carbocycles. The van der Waals surface area contributed by atoms with Gasteiger partial charge in [-0.15, -0.1) is 0 Å². The van der Waals surface area contributed by atoms with E-state index in [1.165, 1.54) is 55.5 Å². The minimum Gasteiger partial charge on any atom is -0.382 e. The smallest absolute Gasteiger partial charge is 0.0411 e. The first-order valence-electron chi connectivity index (χ1n) is 8.18. The summed E-state index contributed by atoms with van der Waals surface area (Å²) in [6.45, 7) is 2.18. The van der Waals surface area contributed by atoms with E-state index in [1.54, 1.807) is 0 Å². The molecule has 2 atom stereocenters. The quantitative estimate of drug-likeness (QED) is 0.871. The lowest BCUT2D eigenvalue weighted by atomic mass is 9.82. The molecule has 0 saturated heterocycles. The second kappa shape index (κ2) is 5.67. The Morgan fingerprint density at radius 3 is 2.55 bits per heavy atom. The molecule has 0 amide bonds. The molecule has 2 fully saturated rings. The van der Waals surface area contributed by atoms with Crippen molar-refractivity contribution in [3.8, 4) is 0 Å². The molecular weight excluding hydrogens is 244 g/mol. The highest BCUT2D eigenvalue weighted by Gasteiger charge is 2.34. The van der Waals surface area contributed by atoms with Gasteiger partial charge in [-0.2, -0.15) is 0 Å². The van der Waals surface area contributed by atoms with E-state index in [9.17, 15) is 0 Å². The second-order valence-corrected chi connectivity index (χ2v) is 7.00. The summed E-state index contributed by atoms with van der Waals surface area (Å²) >= 11 is 0. The van der Waals surface area contributed by atoms with Crippen LogP contribution < -0.4 is 10.2 Å². The molecule has 1 aromatic carbocycles. The highest BCUT2D eigenvalue weighted by molar-refractivity contribution is 5.62. The zero-order chi connectivity index (χ0) is 14.1. The van der Waals surface area contributed by atoms with E-state index in [4.69, 9.17) is 0 Å². The van der Waals surface area contributed by atoms with Crippen molar-refractivity contribution in [3.63, 3.8) is 0 Å². The molecule has 0 aromatic heterocycles. The van der Waals surface area contributed by atoms with Crippen LogP contribution in [0.2, 0.25) is 0 Å². The van der Waals surface area contributed by atoms with Crippen molar-refractivity contribution in [1.29, 1.82) is 0 Å². The van der Waals surface area contributed by atoms with Gasteiger partial charge >= 0.3 is 0 Å². The fraction of sp³-hybridized carbons (Fsp3) is 0.667. The lowest BCUT2D eigenvalue weighted by Crippen LogP contribution is -2.28. The lowest BCUT2D eigenvalue weighted by Gasteiger charge is -2.31. The molecule has 2 nitrogen and oxygen atoms in total. The third-order valence-corrected chi connectivity index (χ3v) is 5.07. The highest BCUT2D eigenvalue weighted by atomic mass is 15.1. The third kappa shape index (κ3) is 3.11. The van der Waals surface area contributed by atoms with Gasteiger partial charge in [-0.25, -0.2) is 0 Å². The van der Waals surface area contributed by atoms with Crippen LogP contribution in [0.1, 0.15) is 44.1 Å². The van der Waals surface area contributed by atoms with Gasteiger partial charge < -0.3 is 10.2 Å². The van der Waals surface area contributed by atoms with E-state index in [1.807, 2.05) is 0 Å². The predicted molar refractivity (Wildman–Crippen MR) is 87.6 cm³/mol. The molecule has 110 valence electrons. The van der Waals surface area contributed by atoms with Gasteiger partial charge in [0.05, 0.1) is 0 Å². The summed E-state index contributed by atoms with van der Waals surface area (Å²) < 4.78 is 0. The molecule has 2 aliphatic rings. The van der Waals surface area contributed by atoms with Crippen molar-refractivity contribution in [1.82, 2.24) is 0 Å². The van der Waals surface area contributed by atoms with E-state index in [2.05, 4.69) is 49.4 Å². The molecule has 2 aliphatic carbocycles. The Kier molecular flexibility index (Phi) is 3.91. The second-order valence-electron chi connectivity index (χ2n) is 7.00. The molecule has 0 aliphatic heterocycles. The van der Waals surface area contributed by atoms with Gasteiger partial charge in [0.25, 0.3) is 0 Å². The zero-order valence-corrected chi connectivity index (χ0v) is 13.2. The van der Waals surface area contributed by atoms with Gasteiger partial charge in [0.2, 0.25) is 0 Å². The molecule has 2 unspecified atom stereocenters. The summed E-state index contributed by atoms with van der Waals surface area (Å²) in [5.74, 6) is 2.06. The van der Waals surface area contributed by atoms with Crippen LogP contribution in [0, 0.1) is 18.8 Å². The third-order valence-electron chi connectivity index (χ3n) is 5.07. The van der Waals surface area contributed by atoms with Crippen LogP contribution in [0.3, 0.4) is 0 Å². The van der Waals surface area contributed by atoms with Gasteiger partial charge in [-0.3, -0.25) is 0 Å². The number of nitrogens with zero attached hydrogens (tertiary/aromatic N) is 1. The fourth-order valence-electron chi connectivity index (χ4n) is 3.77. The lowest BCUT2D eigenvalue weighted by molar-refractivity contribution is 0.303. The van der Waals surface area contributed by atoms with E-state index >= 15 is 0 Å². The van der Waals surface area contributed by atoms with Crippen molar-refractivity contribution in [2.45, 2.75) is 51.5 Å². The minimum atomic E-state index is 0.687. The van der Waals surface area contributed by atoms with Crippen LogP contribution >= 0.6 is 0 Å². The number of aryl methyl sites for hydroxylation is 1. The Hall–Kier alpha value is -1.18. The van der Waals surface area contributed by atoms with Gasteiger partial charge in [0, 0.05) is 31.5 Å². The molecule has 0 bridgehead atoms. The fourth-order valence-corrected chi connectivity index (χ4v) is 3.77. The number of nitrogens with one attached hydrogen (secondary N) is 1. The Labute approximate surface area is 123 Å². The normalized spacial score (nSPS) is 26.4. The van der Waals surface area contributed by atoms with Crippen molar-refractivity contribution in [2.75, 3.05) is 24.3 Å². The van der Waals surface area contributed by atoms with Gasteiger partial charge in [0.1, 0.15) is 0 Å². The molecule has 20 heavy (non-hydrogen) atoms. The summed E-state index contributed by atoms with van der Waals surface area (Å²) in [7, 11) is 4.24. The standard InChI is InChI=1S/C18H28N2/c1-13-7-10-17(12-18(13)20(2)3)19-16-6-4-5-15(11-16)14-8-9-14/h7,10,12,14-16,19H,4-6,8-9,11H2,1-3H3. The molecule has 2 heteroatoms. The average Bonchev–Trinajstić information content (AvgIpc) is 3.25. The van der Waals surface area contributed by atoms with Crippen LogP contribution in [-0.4, -0.2) is 20.1 Å². The Morgan fingerprint density at radius 1 is 1.05 bits per heavy atom. The van der Waals surface area contributed by atoms with Crippen molar-refractivity contribution < 1.29 is 0 Å². The molecular formula is C18H28N2. The number of hydrogen-bond acceptors (Lipinski definition) is 2. The summed E-state index contributed by atoms with van der Waals surface area (Å²) in [6.07, 6.45) is 8.59. The van der Waals surface area contributed by atoms with Crippen LogP contribution in [0.5, 0.6) is 0 Å². The first-order chi connectivity index (χ1) is 9.63. The van der Waals surface area contributed by atoms with Crippen LogP contribution in [-0.2, 0) is 0 Å². The maximum absolute atomic E-state index is 3.79. The first-order valence-corrected chi connectivity index (χ1v) is 8.18. The van der Waals surface area contributed by atoms with Crippen LogP contribution in [0.25, 0.3) is 0 Å². The largest absolute Gasteiger partial charge is 0.382 e. The number of anilines is 2. The van der Waals surface area contributed by atoms with Crippen molar-refractivity contribution in [3.05, 3.63) is 23.8 Å². The molecule has 1 N–H and O–H groups in total. The molecule has 0 heterocycles. The summed E-state index contributed by atoms with van der Waals surface area (Å²) in [5.41, 5.74) is 3.96. The van der Waals surface area contributed by atoms with Gasteiger partial charge in [-0.1, -0.05) is 18.9 Å². The van der Waals surface area contributed by atoms with E-state index < -0.39 is 0 Å². The van der Waals surface area contributed by atoms with Crippen molar-refractivity contribution >= 4 is 11.4 Å². The topological polar surface area (TPSA) is 15.3 Å². The van der Waals surface area contributed by atoms with Crippen LogP contribution in [0.15, 0.2) is 18.2 Å². The minimum absolute atomic E-state index is 0.687. The number of benzene rings is 1. The van der Waals surface area contributed by atoms with E-state index in [0.717, 1.165) is 11.8 Å². The van der Waals surface area contributed by atoms with Crippen molar-refractivity contribution in [2.24, 2.45) is 11.8 Å². The SMILES string of the molecule is Cc1ccc(NC2CCCC(C3CC3)C2)cc1N(C)C. The highest BCUT2D eigenvalue weighted by Crippen LogP contribution is 2.44. The van der Waals surface area contributed by atoms with Gasteiger partial charge in [0.15, 0.2) is 0 Å². The van der Waals surface area contributed by atoms with E-state index in [-0.39, 0.29) is 0 Å². The van der Waals surface area contributed by atoms with Crippen LogP contribution in [0.4, 0.5) is 11.4 Å². The van der Waals surface area contributed by atoms with E-state index in [0.29, 0.717) is 6.04 Å². The Morgan fingerprint density at radius 2 is 1.85 bits per heavy atom. The Bertz CT molecular complexity index is 462. The first kappa shape index (κ1) is 13.8. The maximum atomic E-state index is 3.79. The zero-order valence-electron chi connectivity index (χ0n) is 13.2. The van der Waals surface area contributed by atoms with Gasteiger partial charge in [-0.05, 0) is 62.1 Å². The Balaban J connectivity index is 1.66. The number of rotatable bonds is 4. The maximum Gasteiger partial charge on any atom is 0.0411 e. The average molecular weight is 272 g/mol. The molecule has 0 radical (unpaired) electrons. The predicted octanol–water partition coefficient (Wildman–Crippen LogP) is 4.44.